The van der Waals surface area contributed by atoms with Gasteiger partial charge >= 0.3 is 59.1 Å². The molecule has 12 heavy (non-hydrogen) atoms. The molecule has 0 saturated carbocycles. The van der Waals surface area contributed by atoms with Crippen molar-refractivity contribution in [3.63, 3.8) is 0 Å². The van der Waals surface area contributed by atoms with Crippen molar-refractivity contribution >= 4 is 20.2 Å². The fourth-order valence-electron chi connectivity index (χ4n) is 0. The van der Waals surface area contributed by atoms with E-state index in [4.69, 9.17) is 25.0 Å². The van der Waals surface area contributed by atoms with Crippen molar-refractivity contribution in [2.75, 3.05) is 0 Å². The summed E-state index contributed by atoms with van der Waals surface area (Å²) in [6, 6.07) is 0. The van der Waals surface area contributed by atoms with E-state index in [9.17, 15) is 8.42 Å². The van der Waals surface area contributed by atoms with Gasteiger partial charge in [0.25, 0.3) is 20.2 Å². The topological polar surface area (TPSA) is 152 Å². The van der Waals surface area contributed by atoms with Crippen LogP contribution in [-0.4, -0.2) is 21.7 Å². The first-order valence-corrected chi connectivity index (χ1v) is 6.41. The van der Waals surface area contributed by atoms with Gasteiger partial charge in [0.15, 0.2) is 0 Å². The van der Waals surface area contributed by atoms with Gasteiger partial charge < -0.3 is 0 Å². The monoisotopic (exact) mass is 270 g/mol. The molecular weight excluding hydrogens is 267 g/mol. The molecule has 0 fully saturated rings. The molecule has 0 spiro atoms. The Hall–Kier alpha value is 1.27. The molecule has 70 valence electrons. The molecule has 0 aliphatic heterocycles. The van der Waals surface area contributed by atoms with Crippen LogP contribution in [0.2, 0.25) is 0 Å². The van der Waals surface area contributed by atoms with Crippen molar-refractivity contribution in [1.29, 1.82) is 0 Å². The first-order chi connectivity index (χ1) is 4.64. The molecule has 3 N–H and O–H groups in total. The van der Waals surface area contributed by atoms with E-state index in [1.807, 2.05) is 0 Å². The Balaban J connectivity index is -0.000000126. The summed E-state index contributed by atoms with van der Waals surface area (Å²) < 4.78 is 66.7. The van der Waals surface area contributed by atoms with E-state index in [0.29, 0.717) is 0 Å². The Labute approximate surface area is 96.0 Å². The molecule has 0 rings (SSSR count). The third-order valence-electron chi connectivity index (χ3n) is 0.122. The van der Waals surface area contributed by atoms with Gasteiger partial charge in [-0.25, -0.2) is 8.42 Å². The van der Waals surface area contributed by atoms with E-state index in [0.717, 1.165) is 0 Å². The van der Waals surface area contributed by atoms with Crippen LogP contribution in [0.5, 0.6) is 0 Å². The molecule has 2 atom stereocenters. The van der Waals surface area contributed by atoms with Crippen LogP contribution >= 0.6 is 0 Å². The molecule has 0 aromatic rings. The van der Waals surface area contributed by atoms with E-state index in [2.05, 4.69) is 0 Å². The quantitative estimate of drug-likeness (QED) is 0.242. The van der Waals surface area contributed by atoms with Gasteiger partial charge in [-0.15, -0.1) is 0 Å². The minimum atomic E-state index is -5.50. The van der Waals surface area contributed by atoms with Crippen LogP contribution in [-0.2, 0) is 41.4 Å². The predicted molar refractivity (Wildman–Crippen MR) is 25.1 cm³/mol. The van der Waals surface area contributed by atoms with Gasteiger partial charge in [-0.1, -0.05) is 0 Å². The SMILES string of the molecule is O=S(O)S(=O)O.[Na+].[O]=[Cr](=[O])([O-])[OH]. The van der Waals surface area contributed by atoms with Crippen LogP contribution in [0.1, 0.15) is 0 Å². The van der Waals surface area contributed by atoms with Crippen molar-refractivity contribution in [2.45, 2.75) is 0 Å². The number of rotatable bonds is 1. The zero-order valence-corrected chi connectivity index (χ0v) is 10.5. The Bertz CT molecular complexity index is 220. The van der Waals surface area contributed by atoms with E-state index in [1.165, 1.54) is 0 Å². The standard InChI is InChI=1S/Cr.Na.H2O4S2.H2O.3O/c;;1-5(2)6(3)4;;;;/h;;(H,1,2)(H,3,4);1H2;;;/q2*+1;;;;;-1/p-1. The fourth-order valence-corrected chi connectivity index (χ4v) is 0. The Morgan fingerprint density at radius 1 is 1.08 bits per heavy atom. The van der Waals surface area contributed by atoms with E-state index in [-0.39, 0.29) is 29.6 Å². The molecule has 0 aromatic carbocycles. The molecule has 8 nitrogen and oxygen atoms in total. The molecule has 0 aromatic heterocycles. The molecule has 0 heterocycles. The summed E-state index contributed by atoms with van der Waals surface area (Å²) in [5.41, 5.74) is 0. The molecular formula is H3CrNaO8S2. The maximum atomic E-state index is 9.26. The predicted octanol–water partition coefficient (Wildman–Crippen LogP) is -5.64. The summed E-state index contributed by atoms with van der Waals surface area (Å²) in [7, 11) is -5.18. The Morgan fingerprint density at radius 2 is 1.17 bits per heavy atom. The summed E-state index contributed by atoms with van der Waals surface area (Å²) in [6.45, 7) is 0. The molecule has 12 heteroatoms. The normalized spacial score (nSPS) is 14.7. The number of hydrogen-bond donors (Lipinski definition) is 3. The van der Waals surface area contributed by atoms with Gasteiger partial charge in [-0.2, -0.15) is 0 Å². The van der Waals surface area contributed by atoms with Crippen LogP contribution in [0.4, 0.5) is 0 Å². The second kappa shape index (κ2) is 8.85. The molecule has 0 saturated heterocycles. The fraction of sp³-hybridized carbons (Fsp3) is 0. The summed E-state index contributed by atoms with van der Waals surface area (Å²) in [6.07, 6.45) is 0. The average molecular weight is 270 g/mol. The van der Waals surface area contributed by atoms with E-state index < -0.39 is 33.8 Å². The van der Waals surface area contributed by atoms with Crippen molar-refractivity contribution in [1.82, 2.24) is 0 Å². The second-order valence-electron chi connectivity index (χ2n) is 0.862. The van der Waals surface area contributed by atoms with Gasteiger partial charge in [0.2, 0.25) is 0 Å². The average Bonchev–Trinajstić information content (AvgIpc) is 1.59. The van der Waals surface area contributed by atoms with Gasteiger partial charge in [0, 0.05) is 0 Å². The molecule has 0 amide bonds. The van der Waals surface area contributed by atoms with Crippen molar-refractivity contribution < 1.29 is 76.6 Å². The molecule has 0 bridgehead atoms. The van der Waals surface area contributed by atoms with Crippen LogP contribution < -0.4 is 33.7 Å². The van der Waals surface area contributed by atoms with Crippen LogP contribution in [0, 0.1) is 0 Å². The maximum absolute atomic E-state index is 9.26. The number of hydrogen-bond acceptors (Lipinski definition) is 5. The summed E-state index contributed by atoms with van der Waals surface area (Å²) in [4.78, 5) is 0. The molecule has 0 radical (unpaired) electrons. The van der Waals surface area contributed by atoms with Gasteiger partial charge in [-0.3, -0.25) is 9.11 Å². The summed E-state index contributed by atoms with van der Waals surface area (Å²) in [5, 5.41) is 0. The van der Waals surface area contributed by atoms with Crippen molar-refractivity contribution in [3.8, 4) is 0 Å². The van der Waals surface area contributed by atoms with E-state index >= 15 is 0 Å². The van der Waals surface area contributed by atoms with Gasteiger partial charge in [0.1, 0.15) is 0 Å². The Kier molecular flexibility index (Phi) is 14.0. The zero-order valence-electron chi connectivity index (χ0n) is 5.61. The van der Waals surface area contributed by atoms with Gasteiger partial charge in [-0.05, 0) is 0 Å². The van der Waals surface area contributed by atoms with Crippen molar-refractivity contribution in [2.24, 2.45) is 0 Å². The molecule has 0 aliphatic carbocycles. The van der Waals surface area contributed by atoms with E-state index in [1.54, 1.807) is 0 Å². The van der Waals surface area contributed by atoms with Crippen LogP contribution in [0.25, 0.3) is 0 Å². The zero-order chi connectivity index (χ0) is 9.65. The molecule has 2 unspecified atom stereocenters. The van der Waals surface area contributed by atoms with Crippen LogP contribution in [0.3, 0.4) is 0 Å². The third kappa shape index (κ3) is 42.8. The molecule has 0 aliphatic rings. The minimum absolute atomic E-state index is 0. The second-order valence-corrected chi connectivity index (χ2v) is 4.78. The van der Waals surface area contributed by atoms with Crippen LogP contribution in [0.15, 0.2) is 0 Å². The summed E-state index contributed by atoms with van der Waals surface area (Å²) >= 11 is -5.50. The third-order valence-corrected chi connectivity index (χ3v) is 1.10. The van der Waals surface area contributed by atoms with Gasteiger partial charge in [0.05, 0.1) is 0 Å². The van der Waals surface area contributed by atoms with Crippen molar-refractivity contribution in [3.05, 3.63) is 0 Å². The Morgan fingerprint density at radius 3 is 1.17 bits per heavy atom. The first kappa shape index (κ1) is 18.9. The first-order valence-electron chi connectivity index (χ1n) is 1.55. The summed E-state index contributed by atoms with van der Waals surface area (Å²) in [5.74, 6) is 0.